The molecular weight excluding hydrogens is 206 g/mol. The Morgan fingerprint density at radius 2 is 2.12 bits per heavy atom. The number of ether oxygens (including phenoxy) is 1. The van der Waals surface area contributed by atoms with Gasteiger partial charge in [-0.15, -0.1) is 0 Å². The van der Waals surface area contributed by atoms with Gasteiger partial charge in [-0.2, -0.15) is 0 Å². The minimum absolute atomic E-state index is 0.0187. The summed E-state index contributed by atoms with van der Waals surface area (Å²) in [6, 6.07) is -0.555. The number of esters is 1. The second-order valence-corrected chi connectivity index (χ2v) is 4.64. The lowest BCUT2D eigenvalue weighted by molar-refractivity contribution is -0.145. The van der Waals surface area contributed by atoms with Gasteiger partial charge in [-0.05, 0) is 31.6 Å². The highest BCUT2D eigenvalue weighted by Crippen LogP contribution is 2.43. The van der Waals surface area contributed by atoms with Crippen LogP contribution in [0.25, 0.3) is 0 Å². The molecule has 4 nitrogen and oxygen atoms in total. The molecule has 1 fully saturated rings. The van der Waals surface area contributed by atoms with Crippen LogP contribution in [0.2, 0.25) is 0 Å². The summed E-state index contributed by atoms with van der Waals surface area (Å²) in [5.41, 5.74) is 0. The van der Waals surface area contributed by atoms with E-state index in [0.29, 0.717) is 11.8 Å². The van der Waals surface area contributed by atoms with Gasteiger partial charge in [0.25, 0.3) is 0 Å². The molecule has 0 radical (unpaired) electrons. The molecule has 1 amide bonds. The maximum Gasteiger partial charge on any atom is 0.328 e. The van der Waals surface area contributed by atoms with Gasteiger partial charge in [-0.25, -0.2) is 4.79 Å². The van der Waals surface area contributed by atoms with E-state index in [1.807, 2.05) is 0 Å². The number of hydrogen-bond acceptors (Lipinski definition) is 3. The fourth-order valence-corrected chi connectivity index (χ4v) is 2.64. The van der Waals surface area contributed by atoms with Crippen LogP contribution in [0.3, 0.4) is 0 Å². The number of allylic oxidation sites excluding steroid dienone is 2. The molecule has 0 aromatic rings. The molecule has 2 aliphatic carbocycles. The largest absolute Gasteiger partial charge is 0.467 e. The second kappa shape index (κ2) is 4.28. The Kier molecular flexibility index (Phi) is 2.99. The van der Waals surface area contributed by atoms with Gasteiger partial charge in [-0.3, -0.25) is 4.79 Å². The first-order chi connectivity index (χ1) is 7.61. The molecule has 2 rings (SSSR count). The Bertz CT molecular complexity index is 337. The van der Waals surface area contributed by atoms with Gasteiger partial charge in [0.15, 0.2) is 0 Å². The number of amides is 1. The fraction of sp³-hybridized carbons (Fsp3) is 0.667. The maximum atomic E-state index is 11.9. The Morgan fingerprint density at radius 1 is 1.38 bits per heavy atom. The number of hydrogen-bond donors (Lipinski definition) is 1. The van der Waals surface area contributed by atoms with Gasteiger partial charge in [-0.1, -0.05) is 12.2 Å². The van der Waals surface area contributed by atoms with E-state index in [1.54, 1.807) is 6.92 Å². The molecule has 2 aliphatic rings. The molecule has 1 N–H and O–H groups in total. The summed E-state index contributed by atoms with van der Waals surface area (Å²) in [7, 11) is 1.32. The SMILES string of the molecule is COC(=O)[C@H](C)NC(=O)[C@@H]1C[C@H]2C=C[C@@H]1C2. The van der Waals surface area contributed by atoms with Crippen molar-refractivity contribution in [3.8, 4) is 0 Å². The van der Waals surface area contributed by atoms with Crippen LogP contribution < -0.4 is 5.32 Å². The third kappa shape index (κ3) is 1.96. The monoisotopic (exact) mass is 223 g/mol. The quantitative estimate of drug-likeness (QED) is 0.570. The van der Waals surface area contributed by atoms with Gasteiger partial charge >= 0.3 is 5.97 Å². The molecule has 1 saturated carbocycles. The standard InChI is InChI=1S/C12H17NO3/c1-7(12(15)16-2)13-11(14)10-6-8-3-4-9(10)5-8/h3-4,7-10H,5-6H2,1-2H3,(H,13,14)/t7-,8-,9+,10+/m0/s1. The molecule has 0 spiro atoms. The summed E-state index contributed by atoms with van der Waals surface area (Å²) in [5.74, 6) is 0.563. The lowest BCUT2D eigenvalue weighted by atomic mass is 9.92. The van der Waals surface area contributed by atoms with Gasteiger partial charge in [0.2, 0.25) is 5.91 Å². The zero-order chi connectivity index (χ0) is 11.7. The second-order valence-electron chi connectivity index (χ2n) is 4.64. The van der Waals surface area contributed by atoms with Crippen molar-refractivity contribution in [3.05, 3.63) is 12.2 Å². The predicted octanol–water partition coefficient (Wildman–Crippen LogP) is 0.876. The van der Waals surface area contributed by atoms with E-state index in [2.05, 4.69) is 22.2 Å². The summed E-state index contributed by atoms with van der Waals surface area (Å²) in [6.45, 7) is 1.65. The van der Waals surface area contributed by atoms with Gasteiger partial charge in [0.05, 0.1) is 7.11 Å². The summed E-state index contributed by atoms with van der Waals surface area (Å²) < 4.78 is 4.57. The summed E-state index contributed by atoms with van der Waals surface area (Å²) in [5, 5.41) is 2.71. The van der Waals surface area contributed by atoms with E-state index >= 15 is 0 Å². The zero-order valence-corrected chi connectivity index (χ0v) is 9.60. The number of rotatable bonds is 3. The molecule has 88 valence electrons. The minimum Gasteiger partial charge on any atom is -0.467 e. The van der Waals surface area contributed by atoms with Crippen LogP contribution in [0, 0.1) is 17.8 Å². The Hall–Kier alpha value is -1.32. The van der Waals surface area contributed by atoms with E-state index < -0.39 is 12.0 Å². The lowest BCUT2D eigenvalue weighted by Crippen LogP contribution is -2.43. The molecular formula is C12H17NO3. The zero-order valence-electron chi connectivity index (χ0n) is 9.60. The van der Waals surface area contributed by atoms with Crippen LogP contribution in [0.15, 0.2) is 12.2 Å². The molecule has 0 unspecified atom stereocenters. The molecule has 0 saturated heterocycles. The molecule has 0 aromatic carbocycles. The first kappa shape index (κ1) is 11.2. The molecule has 16 heavy (non-hydrogen) atoms. The van der Waals surface area contributed by atoms with Crippen LogP contribution in [-0.2, 0) is 14.3 Å². The molecule has 4 atom stereocenters. The molecule has 0 aromatic heterocycles. The van der Waals surface area contributed by atoms with Crippen molar-refractivity contribution in [2.75, 3.05) is 7.11 Å². The highest BCUT2D eigenvalue weighted by molar-refractivity contribution is 5.86. The van der Waals surface area contributed by atoms with Crippen molar-refractivity contribution in [1.29, 1.82) is 0 Å². The van der Waals surface area contributed by atoms with Crippen LogP contribution in [0.4, 0.5) is 0 Å². The first-order valence-corrected chi connectivity index (χ1v) is 5.68. The van der Waals surface area contributed by atoms with E-state index in [-0.39, 0.29) is 11.8 Å². The van der Waals surface area contributed by atoms with Crippen LogP contribution in [0.5, 0.6) is 0 Å². The molecule has 2 bridgehead atoms. The fourth-order valence-electron chi connectivity index (χ4n) is 2.64. The molecule has 0 aliphatic heterocycles. The highest BCUT2D eigenvalue weighted by Gasteiger charge is 2.40. The smallest absolute Gasteiger partial charge is 0.328 e. The van der Waals surface area contributed by atoms with E-state index in [4.69, 9.17) is 0 Å². The number of fused-ring (bicyclic) bond motifs is 2. The lowest BCUT2D eigenvalue weighted by Gasteiger charge is -2.19. The Labute approximate surface area is 95.0 Å². The topological polar surface area (TPSA) is 55.4 Å². The normalized spacial score (nSPS) is 32.5. The van der Waals surface area contributed by atoms with Gasteiger partial charge in [0, 0.05) is 5.92 Å². The van der Waals surface area contributed by atoms with E-state index in [1.165, 1.54) is 7.11 Å². The summed E-state index contributed by atoms with van der Waals surface area (Å²) >= 11 is 0. The summed E-state index contributed by atoms with van der Waals surface area (Å²) in [4.78, 5) is 23.1. The number of nitrogens with one attached hydrogen (secondary N) is 1. The van der Waals surface area contributed by atoms with E-state index in [9.17, 15) is 9.59 Å². The van der Waals surface area contributed by atoms with Crippen molar-refractivity contribution < 1.29 is 14.3 Å². The third-order valence-corrected chi connectivity index (χ3v) is 3.53. The van der Waals surface area contributed by atoms with Gasteiger partial charge < -0.3 is 10.1 Å². The minimum atomic E-state index is -0.555. The number of carbonyl (C=O) groups is 2. The van der Waals surface area contributed by atoms with Crippen molar-refractivity contribution >= 4 is 11.9 Å². The highest BCUT2D eigenvalue weighted by atomic mass is 16.5. The van der Waals surface area contributed by atoms with Crippen molar-refractivity contribution in [3.63, 3.8) is 0 Å². The number of carbonyl (C=O) groups excluding carboxylic acids is 2. The molecule has 0 heterocycles. The Morgan fingerprint density at radius 3 is 2.62 bits per heavy atom. The van der Waals surface area contributed by atoms with Crippen molar-refractivity contribution in [1.82, 2.24) is 5.32 Å². The Balaban J connectivity index is 1.89. The van der Waals surface area contributed by atoms with Gasteiger partial charge in [0.1, 0.15) is 6.04 Å². The van der Waals surface area contributed by atoms with Crippen molar-refractivity contribution in [2.45, 2.75) is 25.8 Å². The van der Waals surface area contributed by atoms with Crippen LogP contribution in [0.1, 0.15) is 19.8 Å². The third-order valence-electron chi connectivity index (χ3n) is 3.53. The molecule has 4 heteroatoms. The summed E-state index contributed by atoms with van der Waals surface area (Å²) in [6.07, 6.45) is 6.32. The average Bonchev–Trinajstić information content (AvgIpc) is 2.89. The predicted molar refractivity (Wildman–Crippen MR) is 58.5 cm³/mol. The van der Waals surface area contributed by atoms with E-state index in [0.717, 1.165) is 12.8 Å². The van der Waals surface area contributed by atoms with Crippen molar-refractivity contribution in [2.24, 2.45) is 17.8 Å². The maximum absolute atomic E-state index is 11.9. The van der Waals surface area contributed by atoms with Crippen LogP contribution in [-0.4, -0.2) is 25.0 Å². The first-order valence-electron chi connectivity index (χ1n) is 5.68. The number of methoxy groups -OCH3 is 1. The van der Waals surface area contributed by atoms with Crippen LogP contribution >= 0.6 is 0 Å². The average molecular weight is 223 g/mol.